The Morgan fingerprint density at radius 3 is 2.50 bits per heavy atom. The maximum absolute atomic E-state index is 12.0. The number of carbonyl (C=O) groups is 1. The van der Waals surface area contributed by atoms with Gasteiger partial charge in [-0.1, -0.05) is 44.1 Å². The second-order valence-corrected chi connectivity index (χ2v) is 5.20. The highest BCUT2D eigenvalue weighted by atomic mass is 16.7. The second-order valence-electron chi connectivity index (χ2n) is 5.20. The van der Waals surface area contributed by atoms with Gasteiger partial charge in [-0.05, 0) is 37.5 Å². The predicted molar refractivity (Wildman–Crippen MR) is 79.4 cm³/mol. The molecule has 0 heterocycles. The first kappa shape index (κ1) is 14.8. The van der Waals surface area contributed by atoms with Crippen molar-refractivity contribution >= 4 is 12.0 Å². The van der Waals surface area contributed by atoms with Crippen LogP contribution < -0.4 is 0 Å². The summed E-state index contributed by atoms with van der Waals surface area (Å²) in [5, 5.41) is 0. The van der Waals surface area contributed by atoms with Crippen LogP contribution >= 0.6 is 0 Å². The maximum Gasteiger partial charge on any atom is 0.340 e. The van der Waals surface area contributed by atoms with Gasteiger partial charge in [0.2, 0.25) is 6.29 Å². The molecule has 1 atom stereocenters. The van der Waals surface area contributed by atoms with Crippen molar-refractivity contribution in [2.75, 3.05) is 0 Å². The fourth-order valence-corrected chi connectivity index (χ4v) is 2.47. The molecule has 3 heteroatoms. The molecule has 1 aromatic carbocycles. The molecule has 0 spiro atoms. The molecule has 1 unspecified atom stereocenters. The van der Waals surface area contributed by atoms with E-state index in [0.29, 0.717) is 5.56 Å². The Bertz CT molecular complexity index is 444. The highest BCUT2D eigenvalue weighted by molar-refractivity contribution is 5.89. The Kier molecular flexibility index (Phi) is 5.36. The van der Waals surface area contributed by atoms with Crippen molar-refractivity contribution < 1.29 is 14.3 Å². The standard InChI is InChI=1S/C17H22O3/c1-3-14-9-11-15(12-10-14)17(18)20-13(2)19-16-7-5-4-6-8-16/h3,9-13,16H,1,4-8H2,2H3. The van der Waals surface area contributed by atoms with Crippen LogP contribution in [0.5, 0.6) is 0 Å². The van der Waals surface area contributed by atoms with Gasteiger partial charge in [0.15, 0.2) is 0 Å². The van der Waals surface area contributed by atoms with Gasteiger partial charge in [0, 0.05) is 0 Å². The van der Waals surface area contributed by atoms with E-state index in [-0.39, 0.29) is 12.1 Å². The molecule has 0 amide bonds. The first-order valence-electron chi connectivity index (χ1n) is 7.28. The molecule has 0 radical (unpaired) electrons. The molecule has 2 rings (SSSR count). The smallest absolute Gasteiger partial charge is 0.340 e. The van der Waals surface area contributed by atoms with E-state index >= 15 is 0 Å². The summed E-state index contributed by atoms with van der Waals surface area (Å²) in [7, 11) is 0. The molecule has 1 fully saturated rings. The summed E-state index contributed by atoms with van der Waals surface area (Å²) < 4.78 is 11.1. The highest BCUT2D eigenvalue weighted by Gasteiger charge is 2.19. The van der Waals surface area contributed by atoms with Crippen LogP contribution in [-0.2, 0) is 9.47 Å². The Hall–Kier alpha value is -1.61. The Balaban J connectivity index is 1.84. The highest BCUT2D eigenvalue weighted by Crippen LogP contribution is 2.22. The molecular formula is C17H22O3. The summed E-state index contributed by atoms with van der Waals surface area (Å²) >= 11 is 0. The maximum atomic E-state index is 12.0. The summed E-state index contributed by atoms with van der Waals surface area (Å²) in [6.07, 6.45) is 7.29. The molecule has 1 aliphatic carbocycles. The fourth-order valence-electron chi connectivity index (χ4n) is 2.47. The molecule has 0 bridgehead atoms. The van der Waals surface area contributed by atoms with Crippen molar-refractivity contribution in [3.8, 4) is 0 Å². The Morgan fingerprint density at radius 1 is 1.25 bits per heavy atom. The average Bonchev–Trinajstić information content (AvgIpc) is 2.48. The predicted octanol–water partition coefficient (Wildman–Crippen LogP) is 4.18. The van der Waals surface area contributed by atoms with Crippen LogP contribution in [0.1, 0.15) is 54.9 Å². The third kappa shape index (κ3) is 4.20. The first-order valence-corrected chi connectivity index (χ1v) is 7.28. The van der Waals surface area contributed by atoms with E-state index in [1.807, 2.05) is 12.1 Å². The van der Waals surface area contributed by atoms with Gasteiger partial charge < -0.3 is 9.47 Å². The second kappa shape index (κ2) is 7.25. The van der Waals surface area contributed by atoms with E-state index in [2.05, 4.69) is 6.58 Å². The normalized spacial score (nSPS) is 17.4. The minimum Gasteiger partial charge on any atom is -0.432 e. The van der Waals surface area contributed by atoms with Gasteiger partial charge in [-0.2, -0.15) is 0 Å². The molecule has 1 aliphatic rings. The zero-order valence-corrected chi connectivity index (χ0v) is 12.0. The Morgan fingerprint density at radius 2 is 1.90 bits per heavy atom. The van der Waals surface area contributed by atoms with Gasteiger partial charge in [-0.3, -0.25) is 0 Å². The van der Waals surface area contributed by atoms with Gasteiger partial charge in [-0.15, -0.1) is 0 Å². The minimum absolute atomic E-state index is 0.231. The van der Waals surface area contributed by atoms with Crippen molar-refractivity contribution in [2.24, 2.45) is 0 Å². The summed E-state index contributed by atoms with van der Waals surface area (Å²) in [6.45, 7) is 5.47. The molecule has 108 valence electrons. The van der Waals surface area contributed by atoms with Gasteiger partial charge in [0.25, 0.3) is 0 Å². The fraction of sp³-hybridized carbons (Fsp3) is 0.471. The van der Waals surface area contributed by atoms with Crippen LogP contribution in [0.3, 0.4) is 0 Å². The van der Waals surface area contributed by atoms with Crippen molar-refractivity contribution in [3.63, 3.8) is 0 Å². The molecule has 0 saturated heterocycles. The van der Waals surface area contributed by atoms with Gasteiger partial charge in [0.05, 0.1) is 11.7 Å². The van der Waals surface area contributed by atoms with Crippen molar-refractivity contribution in [1.29, 1.82) is 0 Å². The Labute approximate surface area is 120 Å². The van der Waals surface area contributed by atoms with Crippen LogP contribution in [0.25, 0.3) is 6.08 Å². The van der Waals surface area contributed by atoms with Crippen molar-refractivity contribution in [1.82, 2.24) is 0 Å². The first-order chi connectivity index (χ1) is 9.69. The van der Waals surface area contributed by atoms with Crippen molar-refractivity contribution in [3.05, 3.63) is 42.0 Å². The molecule has 0 aromatic heterocycles. The SMILES string of the molecule is C=Cc1ccc(C(=O)OC(C)OC2CCCCC2)cc1. The van der Waals surface area contributed by atoms with Crippen LogP contribution in [0, 0.1) is 0 Å². The monoisotopic (exact) mass is 274 g/mol. The lowest BCUT2D eigenvalue weighted by Gasteiger charge is -2.25. The van der Waals surface area contributed by atoms with Gasteiger partial charge in [0.1, 0.15) is 0 Å². The lowest BCUT2D eigenvalue weighted by molar-refractivity contribution is -0.137. The third-order valence-corrected chi connectivity index (χ3v) is 3.59. The molecule has 3 nitrogen and oxygen atoms in total. The number of ether oxygens (including phenoxy) is 2. The third-order valence-electron chi connectivity index (χ3n) is 3.59. The number of hydrogen-bond acceptors (Lipinski definition) is 3. The summed E-state index contributed by atoms with van der Waals surface area (Å²) in [4.78, 5) is 12.0. The largest absolute Gasteiger partial charge is 0.432 e. The van der Waals surface area contributed by atoms with Gasteiger partial charge >= 0.3 is 5.97 Å². The van der Waals surface area contributed by atoms with E-state index in [9.17, 15) is 4.79 Å². The number of rotatable bonds is 5. The van der Waals surface area contributed by atoms with E-state index in [1.54, 1.807) is 25.1 Å². The molecule has 0 N–H and O–H groups in total. The van der Waals surface area contributed by atoms with Crippen LogP contribution in [0.4, 0.5) is 0 Å². The van der Waals surface area contributed by atoms with E-state index in [4.69, 9.17) is 9.47 Å². The molecule has 20 heavy (non-hydrogen) atoms. The summed E-state index contributed by atoms with van der Waals surface area (Å²) in [5.74, 6) is -0.344. The molecular weight excluding hydrogens is 252 g/mol. The minimum atomic E-state index is -0.496. The van der Waals surface area contributed by atoms with Crippen LogP contribution in [0.15, 0.2) is 30.8 Å². The number of carbonyl (C=O) groups excluding carboxylic acids is 1. The topological polar surface area (TPSA) is 35.5 Å². The van der Waals surface area contributed by atoms with Gasteiger partial charge in [-0.25, -0.2) is 4.79 Å². The lowest BCUT2D eigenvalue weighted by Crippen LogP contribution is -2.26. The number of hydrogen-bond donors (Lipinski definition) is 0. The molecule has 0 aliphatic heterocycles. The zero-order chi connectivity index (χ0) is 14.4. The van der Waals surface area contributed by atoms with Crippen LogP contribution in [-0.4, -0.2) is 18.4 Å². The van der Waals surface area contributed by atoms with Crippen molar-refractivity contribution in [2.45, 2.75) is 51.4 Å². The van der Waals surface area contributed by atoms with E-state index < -0.39 is 6.29 Å². The van der Waals surface area contributed by atoms with E-state index in [0.717, 1.165) is 18.4 Å². The molecule has 1 aromatic rings. The quantitative estimate of drug-likeness (QED) is 0.597. The number of benzene rings is 1. The summed E-state index contributed by atoms with van der Waals surface area (Å²) in [6, 6.07) is 7.17. The lowest BCUT2D eigenvalue weighted by atomic mass is 9.98. The number of esters is 1. The van der Waals surface area contributed by atoms with Crippen LogP contribution in [0.2, 0.25) is 0 Å². The zero-order valence-electron chi connectivity index (χ0n) is 12.0. The molecule has 1 saturated carbocycles. The summed E-state index contributed by atoms with van der Waals surface area (Å²) in [5.41, 5.74) is 1.52. The van der Waals surface area contributed by atoms with E-state index in [1.165, 1.54) is 19.3 Å². The average molecular weight is 274 g/mol.